The number of hydrogen-bond acceptors (Lipinski definition) is 4. The van der Waals surface area contributed by atoms with Crippen molar-refractivity contribution in [1.29, 1.82) is 0 Å². The van der Waals surface area contributed by atoms with Crippen LogP contribution < -0.4 is 0 Å². The summed E-state index contributed by atoms with van der Waals surface area (Å²) in [7, 11) is -1.89. The SMILES string of the molecule is CCOC(=O)C1=C(C)OC(O[Si](C)(C)C)(c2ccccc2)C1. The number of rotatable bonds is 5. The fraction of sp³-hybridized carbons (Fsp3) is 0.471. The summed E-state index contributed by atoms with van der Waals surface area (Å²) in [5, 5.41) is 0. The predicted octanol–water partition coefficient (Wildman–Crippen LogP) is 3.95. The van der Waals surface area contributed by atoms with Gasteiger partial charge in [-0.25, -0.2) is 4.79 Å². The standard InChI is InChI=1S/C17H24O4Si/c1-6-19-16(18)15-12-17(20-13(15)2,21-22(3,4)5)14-10-8-7-9-11-14/h7-11H,6,12H2,1-5H3. The van der Waals surface area contributed by atoms with Gasteiger partial charge in [0.05, 0.1) is 18.6 Å². The topological polar surface area (TPSA) is 44.8 Å². The van der Waals surface area contributed by atoms with Gasteiger partial charge in [0, 0.05) is 5.56 Å². The van der Waals surface area contributed by atoms with Gasteiger partial charge in [-0.15, -0.1) is 0 Å². The molecule has 0 saturated carbocycles. The molecule has 0 amide bonds. The molecule has 1 aliphatic rings. The maximum atomic E-state index is 12.1. The second kappa shape index (κ2) is 6.26. The highest BCUT2D eigenvalue weighted by Gasteiger charge is 2.47. The molecule has 1 aromatic rings. The Bertz CT molecular complexity index is 574. The zero-order valence-electron chi connectivity index (χ0n) is 13.9. The molecule has 0 saturated heterocycles. The Morgan fingerprint density at radius 1 is 1.27 bits per heavy atom. The van der Waals surface area contributed by atoms with Crippen molar-refractivity contribution in [1.82, 2.24) is 0 Å². The van der Waals surface area contributed by atoms with E-state index in [1.165, 1.54) is 0 Å². The van der Waals surface area contributed by atoms with Gasteiger partial charge < -0.3 is 13.9 Å². The molecule has 1 atom stereocenters. The van der Waals surface area contributed by atoms with Crippen molar-refractivity contribution in [2.75, 3.05) is 6.61 Å². The molecule has 1 aromatic carbocycles. The molecule has 0 N–H and O–H groups in total. The van der Waals surface area contributed by atoms with Crippen LogP contribution in [0.4, 0.5) is 0 Å². The number of carbonyl (C=O) groups is 1. The van der Waals surface area contributed by atoms with E-state index in [1.807, 2.05) is 30.3 Å². The van der Waals surface area contributed by atoms with E-state index >= 15 is 0 Å². The van der Waals surface area contributed by atoms with Crippen LogP contribution in [0.5, 0.6) is 0 Å². The third-order valence-electron chi connectivity index (χ3n) is 3.36. The van der Waals surface area contributed by atoms with Crippen molar-refractivity contribution in [2.24, 2.45) is 0 Å². The molecule has 2 rings (SSSR count). The molecule has 0 radical (unpaired) electrons. The highest BCUT2D eigenvalue weighted by Crippen LogP contribution is 2.44. The van der Waals surface area contributed by atoms with Crippen LogP contribution >= 0.6 is 0 Å². The Morgan fingerprint density at radius 3 is 2.45 bits per heavy atom. The summed E-state index contributed by atoms with van der Waals surface area (Å²) in [6.45, 7) is 10.3. The van der Waals surface area contributed by atoms with Crippen molar-refractivity contribution in [3.8, 4) is 0 Å². The Kier molecular flexibility index (Phi) is 4.77. The Morgan fingerprint density at radius 2 is 1.91 bits per heavy atom. The molecular weight excluding hydrogens is 296 g/mol. The van der Waals surface area contributed by atoms with E-state index in [0.29, 0.717) is 24.4 Å². The molecule has 1 aliphatic heterocycles. The summed E-state index contributed by atoms with van der Waals surface area (Å²) in [6, 6.07) is 9.80. The van der Waals surface area contributed by atoms with Crippen LogP contribution in [-0.2, 0) is 24.5 Å². The first-order chi connectivity index (χ1) is 10.3. The number of benzene rings is 1. The second-order valence-electron chi connectivity index (χ2n) is 6.37. The average Bonchev–Trinajstić information content (AvgIpc) is 2.76. The van der Waals surface area contributed by atoms with E-state index in [9.17, 15) is 4.79 Å². The van der Waals surface area contributed by atoms with Crippen molar-refractivity contribution in [3.63, 3.8) is 0 Å². The van der Waals surface area contributed by atoms with Crippen LogP contribution in [0.1, 0.15) is 25.8 Å². The van der Waals surface area contributed by atoms with Gasteiger partial charge in [-0.2, -0.15) is 0 Å². The smallest absolute Gasteiger partial charge is 0.337 e. The van der Waals surface area contributed by atoms with Crippen LogP contribution in [0.2, 0.25) is 19.6 Å². The van der Waals surface area contributed by atoms with Gasteiger partial charge in [0.1, 0.15) is 5.76 Å². The summed E-state index contributed by atoms with van der Waals surface area (Å²) >= 11 is 0. The molecule has 0 aliphatic carbocycles. The molecule has 4 nitrogen and oxygen atoms in total. The lowest BCUT2D eigenvalue weighted by Gasteiger charge is -2.36. The van der Waals surface area contributed by atoms with Crippen LogP contribution in [-0.4, -0.2) is 20.9 Å². The lowest BCUT2D eigenvalue weighted by Crippen LogP contribution is -2.41. The van der Waals surface area contributed by atoms with Gasteiger partial charge in [-0.05, 0) is 33.5 Å². The lowest BCUT2D eigenvalue weighted by molar-refractivity contribution is -0.154. The first kappa shape index (κ1) is 16.8. The molecule has 0 bridgehead atoms. The summed E-state index contributed by atoms with van der Waals surface area (Å²) in [5.41, 5.74) is 1.49. The minimum Gasteiger partial charge on any atom is -0.463 e. The molecule has 0 spiro atoms. The van der Waals surface area contributed by atoms with Crippen LogP contribution in [0.25, 0.3) is 0 Å². The summed E-state index contributed by atoms with van der Waals surface area (Å²) in [4.78, 5) is 12.1. The maximum Gasteiger partial charge on any atom is 0.337 e. The minimum atomic E-state index is -1.89. The van der Waals surface area contributed by atoms with Crippen LogP contribution in [0.15, 0.2) is 41.7 Å². The molecular formula is C17H24O4Si. The highest BCUT2D eigenvalue weighted by molar-refractivity contribution is 6.69. The summed E-state index contributed by atoms with van der Waals surface area (Å²) in [6.07, 6.45) is 0.381. The first-order valence-corrected chi connectivity index (χ1v) is 11.0. The molecule has 120 valence electrons. The largest absolute Gasteiger partial charge is 0.463 e. The molecule has 22 heavy (non-hydrogen) atoms. The Hall–Kier alpha value is -1.59. The summed E-state index contributed by atoms with van der Waals surface area (Å²) in [5.74, 6) is -0.657. The number of carbonyl (C=O) groups excluding carboxylic acids is 1. The minimum absolute atomic E-state index is 0.322. The van der Waals surface area contributed by atoms with Gasteiger partial charge in [0.15, 0.2) is 8.32 Å². The Labute approximate surface area is 133 Å². The third-order valence-corrected chi connectivity index (χ3v) is 4.30. The van der Waals surface area contributed by atoms with Crippen LogP contribution in [0, 0.1) is 0 Å². The molecule has 1 unspecified atom stereocenters. The predicted molar refractivity (Wildman–Crippen MR) is 87.6 cm³/mol. The fourth-order valence-electron chi connectivity index (χ4n) is 2.60. The number of allylic oxidation sites excluding steroid dienone is 1. The van der Waals surface area contributed by atoms with Gasteiger partial charge in [0.2, 0.25) is 5.79 Å². The molecule has 5 heteroatoms. The van der Waals surface area contributed by atoms with Crippen molar-refractivity contribution in [2.45, 2.75) is 45.7 Å². The van der Waals surface area contributed by atoms with E-state index in [2.05, 4.69) is 19.6 Å². The normalized spacial score (nSPS) is 21.7. The lowest BCUT2D eigenvalue weighted by atomic mass is 10.00. The van der Waals surface area contributed by atoms with Gasteiger partial charge in [-0.3, -0.25) is 0 Å². The van der Waals surface area contributed by atoms with E-state index in [0.717, 1.165) is 5.56 Å². The zero-order chi connectivity index (χ0) is 16.4. The maximum absolute atomic E-state index is 12.1. The van der Waals surface area contributed by atoms with E-state index in [-0.39, 0.29) is 5.97 Å². The molecule has 0 fully saturated rings. The quantitative estimate of drug-likeness (QED) is 0.609. The van der Waals surface area contributed by atoms with E-state index < -0.39 is 14.1 Å². The van der Waals surface area contributed by atoms with Crippen molar-refractivity contribution >= 4 is 14.3 Å². The second-order valence-corrected chi connectivity index (χ2v) is 10.8. The fourth-order valence-corrected chi connectivity index (χ4v) is 3.82. The van der Waals surface area contributed by atoms with Crippen molar-refractivity contribution < 1.29 is 18.7 Å². The number of ether oxygens (including phenoxy) is 2. The van der Waals surface area contributed by atoms with Gasteiger partial charge in [0.25, 0.3) is 0 Å². The van der Waals surface area contributed by atoms with Gasteiger partial charge >= 0.3 is 5.97 Å². The Balaban J connectivity index is 2.36. The summed E-state index contributed by atoms with van der Waals surface area (Å²) < 4.78 is 17.6. The molecule has 0 aromatic heterocycles. The van der Waals surface area contributed by atoms with Gasteiger partial charge in [-0.1, -0.05) is 30.3 Å². The highest BCUT2D eigenvalue weighted by atomic mass is 28.4. The first-order valence-electron chi connectivity index (χ1n) is 7.59. The van der Waals surface area contributed by atoms with Crippen molar-refractivity contribution in [3.05, 3.63) is 47.2 Å². The average molecular weight is 320 g/mol. The van der Waals surface area contributed by atoms with E-state index in [1.54, 1.807) is 13.8 Å². The zero-order valence-corrected chi connectivity index (χ0v) is 14.9. The number of esters is 1. The monoisotopic (exact) mass is 320 g/mol. The third kappa shape index (κ3) is 3.59. The molecule has 1 heterocycles. The van der Waals surface area contributed by atoms with E-state index in [4.69, 9.17) is 13.9 Å². The number of hydrogen-bond donors (Lipinski definition) is 0. The van der Waals surface area contributed by atoms with Crippen LogP contribution in [0.3, 0.4) is 0 Å².